The molecule has 3 aromatic rings. The van der Waals surface area contributed by atoms with E-state index in [9.17, 15) is 14.4 Å². The molecule has 0 aliphatic carbocycles. The summed E-state index contributed by atoms with van der Waals surface area (Å²) in [6.45, 7) is 4.92. The minimum Gasteiger partial charge on any atom is -0.452 e. The van der Waals surface area contributed by atoms with Crippen molar-refractivity contribution in [1.29, 1.82) is 0 Å². The minimum atomic E-state index is -0.742. The normalized spacial score (nSPS) is 16.0. The van der Waals surface area contributed by atoms with Crippen LogP contribution in [0, 0.1) is 13.8 Å². The molecule has 162 valence electrons. The van der Waals surface area contributed by atoms with Crippen LogP contribution < -0.4 is 5.56 Å². The maximum absolute atomic E-state index is 12.8. The van der Waals surface area contributed by atoms with Crippen molar-refractivity contribution >= 4 is 22.5 Å². The average Bonchev–Trinajstić information content (AvgIpc) is 3.38. The highest BCUT2D eigenvalue weighted by Crippen LogP contribution is 2.21. The Balaban J connectivity index is 1.51. The molecule has 0 N–H and O–H groups in total. The Morgan fingerprint density at radius 2 is 1.97 bits per heavy atom. The molecule has 0 saturated carbocycles. The first-order chi connectivity index (χ1) is 14.9. The third-order valence-corrected chi connectivity index (χ3v) is 5.77. The van der Waals surface area contributed by atoms with Gasteiger partial charge in [0.25, 0.3) is 5.56 Å². The zero-order valence-electron chi connectivity index (χ0n) is 17.9. The van der Waals surface area contributed by atoms with Gasteiger partial charge < -0.3 is 14.0 Å². The Morgan fingerprint density at radius 3 is 2.68 bits per heavy atom. The van der Waals surface area contributed by atoms with Crippen molar-refractivity contribution in [3.63, 3.8) is 0 Å². The number of carbonyl (C=O) groups excluding carboxylic acids is 2. The van der Waals surface area contributed by atoms with Crippen LogP contribution in [-0.4, -0.2) is 45.4 Å². The summed E-state index contributed by atoms with van der Waals surface area (Å²) in [6, 6.07) is 8.52. The lowest BCUT2D eigenvalue weighted by molar-refractivity contribution is 0.0468. The van der Waals surface area contributed by atoms with E-state index in [1.54, 1.807) is 24.3 Å². The van der Waals surface area contributed by atoms with Gasteiger partial charge in [0.15, 0.2) is 12.3 Å². The smallest absolute Gasteiger partial charge is 0.359 e. The van der Waals surface area contributed by atoms with Crippen molar-refractivity contribution in [3.05, 3.63) is 63.3 Å². The second kappa shape index (κ2) is 8.47. The van der Waals surface area contributed by atoms with Gasteiger partial charge in [-0.05, 0) is 38.8 Å². The lowest BCUT2D eigenvalue weighted by Crippen LogP contribution is -2.24. The molecule has 0 spiro atoms. The first kappa shape index (κ1) is 21.0. The molecule has 1 atom stereocenters. The summed E-state index contributed by atoms with van der Waals surface area (Å²) in [7, 11) is 1.47. The van der Waals surface area contributed by atoms with Crippen LogP contribution in [-0.2, 0) is 23.1 Å². The van der Waals surface area contributed by atoms with Crippen LogP contribution in [0.3, 0.4) is 0 Å². The van der Waals surface area contributed by atoms with Gasteiger partial charge in [0.1, 0.15) is 0 Å². The molecule has 1 aliphatic heterocycles. The molecule has 1 aromatic carbocycles. The molecule has 2 aromatic heterocycles. The molecule has 0 unspecified atom stereocenters. The summed E-state index contributed by atoms with van der Waals surface area (Å²) < 4.78 is 14.2. The Hall–Kier alpha value is -3.26. The number of rotatable bonds is 6. The molecule has 1 saturated heterocycles. The van der Waals surface area contributed by atoms with Gasteiger partial charge in [0.2, 0.25) is 5.78 Å². The van der Waals surface area contributed by atoms with Gasteiger partial charge in [-0.25, -0.2) is 9.48 Å². The van der Waals surface area contributed by atoms with E-state index in [1.165, 1.54) is 7.05 Å². The number of esters is 1. The first-order valence-corrected chi connectivity index (χ1v) is 10.3. The number of benzene rings is 1. The lowest BCUT2D eigenvalue weighted by Gasteiger charge is -2.14. The second-order valence-corrected chi connectivity index (χ2v) is 7.85. The number of aryl methyl sites for hydroxylation is 2. The van der Waals surface area contributed by atoms with Crippen molar-refractivity contribution in [2.75, 3.05) is 13.2 Å². The number of ether oxygens (including phenoxy) is 2. The Labute approximate surface area is 179 Å². The Morgan fingerprint density at radius 1 is 1.23 bits per heavy atom. The molecule has 1 fully saturated rings. The molecular weight excluding hydrogens is 398 g/mol. The maximum Gasteiger partial charge on any atom is 0.359 e. The second-order valence-electron chi connectivity index (χ2n) is 7.85. The maximum atomic E-state index is 12.8. The Kier molecular flexibility index (Phi) is 5.73. The van der Waals surface area contributed by atoms with Gasteiger partial charge >= 0.3 is 5.97 Å². The fraction of sp³-hybridized carbons (Fsp3) is 0.391. The number of aromatic nitrogens is 3. The third kappa shape index (κ3) is 4.03. The number of hydrogen-bond acceptors (Lipinski definition) is 6. The van der Waals surface area contributed by atoms with Crippen molar-refractivity contribution in [2.45, 2.75) is 39.3 Å². The van der Waals surface area contributed by atoms with Crippen molar-refractivity contribution in [2.24, 2.45) is 7.05 Å². The van der Waals surface area contributed by atoms with E-state index < -0.39 is 12.6 Å². The molecule has 4 rings (SSSR count). The fourth-order valence-electron chi connectivity index (χ4n) is 4.08. The Bertz CT molecular complexity index is 1220. The van der Waals surface area contributed by atoms with Gasteiger partial charge in [-0.2, -0.15) is 5.10 Å². The number of hydrogen-bond donors (Lipinski definition) is 0. The first-order valence-electron chi connectivity index (χ1n) is 10.3. The van der Waals surface area contributed by atoms with Gasteiger partial charge in [-0.1, -0.05) is 18.2 Å². The molecule has 3 heterocycles. The molecule has 8 heteroatoms. The van der Waals surface area contributed by atoms with Crippen molar-refractivity contribution in [1.82, 2.24) is 14.3 Å². The van der Waals surface area contributed by atoms with E-state index in [1.807, 2.05) is 19.9 Å². The van der Waals surface area contributed by atoms with Gasteiger partial charge in [-0.3, -0.25) is 9.59 Å². The van der Waals surface area contributed by atoms with Crippen LogP contribution in [0.25, 0.3) is 10.8 Å². The number of carbonyl (C=O) groups is 2. The molecular formula is C23H25N3O5. The van der Waals surface area contributed by atoms with Gasteiger partial charge in [0.05, 0.1) is 11.5 Å². The number of nitrogens with zero attached hydrogens (tertiary/aromatic N) is 3. The minimum absolute atomic E-state index is 0.00866. The largest absolute Gasteiger partial charge is 0.452 e. The third-order valence-electron chi connectivity index (χ3n) is 5.77. The van der Waals surface area contributed by atoms with Crippen LogP contribution in [0.5, 0.6) is 0 Å². The van der Waals surface area contributed by atoms with Gasteiger partial charge in [-0.15, -0.1) is 0 Å². The van der Waals surface area contributed by atoms with E-state index in [0.29, 0.717) is 22.9 Å². The summed E-state index contributed by atoms with van der Waals surface area (Å²) in [4.78, 5) is 37.7. The molecule has 8 nitrogen and oxygen atoms in total. The molecule has 1 aliphatic rings. The zero-order chi connectivity index (χ0) is 22.1. The quantitative estimate of drug-likeness (QED) is 0.447. The monoisotopic (exact) mass is 423 g/mol. The molecule has 0 amide bonds. The van der Waals surface area contributed by atoms with E-state index in [4.69, 9.17) is 9.47 Å². The number of Topliss-reactive ketones (excluding diaryl/α,β-unsaturated/α-hetero) is 1. The van der Waals surface area contributed by atoms with Crippen LogP contribution >= 0.6 is 0 Å². The van der Waals surface area contributed by atoms with E-state index >= 15 is 0 Å². The SMILES string of the molecule is Cc1cc(C(=O)COC(=O)c2nn(C)c(=O)c3ccccc23)c(C)n1C[C@@H]1CCCO1. The van der Waals surface area contributed by atoms with Gasteiger partial charge in [0, 0.05) is 42.5 Å². The zero-order valence-corrected chi connectivity index (χ0v) is 17.9. The van der Waals surface area contributed by atoms with E-state index in [0.717, 1.165) is 35.5 Å². The predicted molar refractivity (Wildman–Crippen MR) is 114 cm³/mol. The summed E-state index contributed by atoms with van der Waals surface area (Å²) in [6.07, 6.45) is 2.23. The highest BCUT2D eigenvalue weighted by Gasteiger charge is 2.23. The van der Waals surface area contributed by atoms with Crippen LogP contribution in [0.1, 0.15) is 45.1 Å². The standard InChI is InChI=1S/C23H25N3O5/c1-14-11-19(15(2)26(14)12-16-7-6-10-30-16)20(27)13-31-23(29)21-17-8-4-5-9-18(17)22(28)25(3)24-21/h4-5,8-9,11,16H,6-7,10,12-13H2,1-3H3/t16-/m0/s1. The van der Waals surface area contributed by atoms with E-state index in [2.05, 4.69) is 9.67 Å². The van der Waals surface area contributed by atoms with Crippen molar-refractivity contribution < 1.29 is 19.1 Å². The summed E-state index contributed by atoms with van der Waals surface area (Å²) in [5, 5.41) is 4.82. The highest BCUT2D eigenvalue weighted by molar-refractivity contribution is 6.04. The highest BCUT2D eigenvalue weighted by atomic mass is 16.5. The predicted octanol–water partition coefficient (Wildman–Crippen LogP) is 2.57. The average molecular weight is 423 g/mol. The fourth-order valence-corrected chi connectivity index (χ4v) is 4.08. The van der Waals surface area contributed by atoms with E-state index in [-0.39, 0.29) is 23.1 Å². The lowest BCUT2D eigenvalue weighted by atomic mass is 10.1. The van der Waals surface area contributed by atoms with Crippen molar-refractivity contribution in [3.8, 4) is 0 Å². The molecule has 0 bridgehead atoms. The van der Waals surface area contributed by atoms with Crippen LogP contribution in [0.4, 0.5) is 0 Å². The molecule has 31 heavy (non-hydrogen) atoms. The number of fused-ring (bicyclic) bond motifs is 1. The summed E-state index contributed by atoms with van der Waals surface area (Å²) in [5.41, 5.74) is 2.03. The topological polar surface area (TPSA) is 92.4 Å². The van der Waals surface area contributed by atoms with Crippen LogP contribution in [0.2, 0.25) is 0 Å². The summed E-state index contributed by atoms with van der Waals surface area (Å²) in [5.74, 6) is -1.03. The van der Waals surface area contributed by atoms with Crippen LogP contribution in [0.15, 0.2) is 35.1 Å². The molecule has 0 radical (unpaired) electrons. The summed E-state index contributed by atoms with van der Waals surface area (Å²) >= 11 is 0. The number of ketones is 1.